The first-order chi connectivity index (χ1) is 9.10. The summed E-state index contributed by atoms with van der Waals surface area (Å²) < 4.78 is 31.3. The van der Waals surface area contributed by atoms with Crippen molar-refractivity contribution >= 4 is 15.8 Å². The van der Waals surface area contributed by atoms with E-state index in [0.717, 1.165) is 19.4 Å². The van der Waals surface area contributed by atoms with Gasteiger partial charge in [0, 0.05) is 33.0 Å². The number of nitrogens with one attached hydrogen (secondary N) is 2. The molecule has 1 heterocycles. The highest BCUT2D eigenvalue weighted by Crippen LogP contribution is 2.10. The van der Waals surface area contributed by atoms with Crippen molar-refractivity contribution < 1.29 is 13.2 Å². The monoisotopic (exact) mass is 287 g/mol. The average Bonchev–Trinajstić information content (AvgIpc) is 2.39. The molecule has 0 aliphatic carbocycles. The third-order valence-corrected chi connectivity index (χ3v) is 3.92. The van der Waals surface area contributed by atoms with Crippen LogP contribution in [0.15, 0.2) is 23.2 Å². The summed E-state index contributed by atoms with van der Waals surface area (Å²) in [5, 5.41) is 3.01. The second-order valence-corrected chi connectivity index (χ2v) is 5.77. The molecule has 0 saturated heterocycles. The predicted octanol–water partition coefficient (Wildman–Crippen LogP) is 1.22. The molecule has 1 aromatic heterocycles. The molecule has 0 atom stereocenters. The molecule has 0 amide bonds. The van der Waals surface area contributed by atoms with E-state index >= 15 is 0 Å². The molecule has 108 valence electrons. The number of sulfonamides is 1. The van der Waals surface area contributed by atoms with Crippen LogP contribution in [0, 0.1) is 0 Å². The van der Waals surface area contributed by atoms with E-state index in [0.29, 0.717) is 19.0 Å². The summed E-state index contributed by atoms with van der Waals surface area (Å²) in [5.74, 6) is 0.668. The standard InChI is InChI=1S/C12H21N3O3S/c1-3-13-12-7-6-11(10-14-12)19(16,17)15-8-4-5-9-18-2/h6-7,10,15H,3-5,8-9H2,1-2H3,(H,13,14). The Morgan fingerprint density at radius 3 is 2.68 bits per heavy atom. The minimum Gasteiger partial charge on any atom is -0.385 e. The number of hydrogen-bond donors (Lipinski definition) is 2. The minimum absolute atomic E-state index is 0.181. The zero-order valence-electron chi connectivity index (χ0n) is 11.3. The van der Waals surface area contributed by atoms with Gasteiger partial charge in [0.2, 0.25) is 10.0 Å². The van der Waals surface area contributed by atoms with Crippen molar-refractivity contribution in [2.24, 2.45) is 0 Å². The number of aromatic nitrogens is 1. The van der Waals surface area contributed by atoms with Crippen LogP contribution in [0.3, 0.4) is 0 Å². The van der Waals surface area contributed by atoms with Gasteiger partial charge in [0.1, 0.15) is 10.7 Å². The lowest BCUT2D eigenvalue weighted by Crippen LogP contribution is -2.25. The fourth-order valence-electron chi connectivity index (χ4n) is 1.49. The second-order valence-electron chi connectivity index (χ2n) is 4.01. The molecule has 1 rings (SSSR count). The summed E-state index contributed by atoms with van der Waals surface area (Å²) in [7, 11) is -1.83. The van der Waals surface area contributed by atoms with Gasteiger partial charge in [-0.25, -0.2) is 18.1 Å². The van der Waals surface area contributed by atoms with Crippen LogP contribution >= 0.6 is 0 Å². The molecule has 0 unspecified atom stereocenters. The van der Waals surface area contributed by atoms with E-state index in [-0.39, 0.29) is 4.90 Å². The fraction of sp³-hybridized carbons (Fsp3) is 0.583. The molecule has 2 N–H and O–H groups in total. The van der Waals surface area contributed by atoms with E-state index < -0.39 is 10.0 Å². The number of hydrogen-bond acceptors (Lipinski definition) is 5. The number of anilines is 1. The number of unbranched alkanes of at least 4 members (excludes halogenated alkanes) is 1. The minimum atomic E-state index is -3.46. The van der Waals surface area contributed by atoms with Gasteiger partial charge in [-0.05, 0) is 31.9 Å². The first-order valence-corrected chi connectivity index (χ1v) is 7.77. The molecule has 0 aromatic carbocycles. The predicted molar refractivity (Wildman–Crippen MR) is 74.7 cm³/mol. The van der Waals surface area contributed by atoms with E-state index in [2.05, 4.69) is 15.0 Å². The SMILES string of the molecule is CCNc1ccc(S(=O)(=O)NCCCCOC)cn1. The van der Waals surface area contributed by atoms with Gasteiger partial charge in [-0.3, -0.25) is 0 Å². The van der Waals surface area contributed by atoms with E-state index in [1.165, 1.54) is 6.20 Å². The quantitative estimate of drug-likeness (QED) is 0.667. The van der Waals surface area contributed by atoms with Crippen LogP contribution in [0.25, 0.3) is 0 Å². The Labute approximate surface area is 114 Å². The maximum Gasteiger partial charge on any atom is 0.242 e. The van der Waals surface area contributed by atoms with Gasteiger partial charge in [0.15, 0.2) is 0 Å². The molecular formula is C12H21N3O3S. The number of ether oxygens (including phenoxy) is 1. The summed E-state index contributed by atoms with van der Waals surface area (Å²) >= 11 is 0. The zero-order chi connectivity index (χ0) is 14.1. The Morgan fingerprint density at radius 2 is 2.11 bits per heavy atom. The van der Waals surface area contributed by atoms with Crippen molar-refractivity contribution in [1.29, 1.82) is 0 Å². The van der Waals surface area contributed by atoms with Gasteiger partial charge < -0.3 is 10.1 Å². The molecule has 0 aliphatic rings. The molecule has 1 aromatic rings. The largest absolute Gasteiger partial charge is 0.385 e. The summed E-state index contributed by atoms with van der Waals surface area (Å²) in [6.45, 7) is 3.74. The topological polar surface area (TPSA) is 80.3 Å². The Balaban J connectivity index is 2.52. The van der Waals surface area contributed by atoms with E-state index in [4.69, 9.17) is 4.74 Å². The highest BCUT2D eigenvalue weighted by molar-refractivity contribution is 7.89. The molecule has 0 saturated carbocycles. The molecular weight excluding hydrogens is 266 g/mol. The molecule has 7 heteroatoms. The van der Waals surface area contributed by atoms with Crippen LogP contribution in [0.1, 0.15) is 19.8 Å². The van der Waals surface area contributed by atoms with Crippen LogP contribution in [0.5, 0.6) is 0 Å². The first kappa shape index (κ1) is 15.9. The van der Waals surface area contributed by atoms with Gasteiger partial charge in [-0.1, -0.05) is 0 Å². The second kappa shape index (κ2) is 8.08. The van der Waals surface area contributed by atoms with Crippen molar-refractivity contribution in [2.45, 2.75) is 24.7 Å². The average molecular weight is 287 g/mol. The molecule has 0 fully saturated rings. The zero-order valence-corrected chi connectivity index (χ0v) is 12.2. The molecule has 0 bridgehead atoms. The van der Waals surface area contributed by atoms with Gasteiger partial charge in [-0.2, -0.15) is 0 Å². The Hall–Kier alpha value is -1.18. The van der Waals surface area contributed by atoms with Crippen molar-refractivity contribution in [1.82, 2.24) is 9.71 Å². The van der Waals surface area contributed by atoms with Crippen LogP contribution < -0.4 is 10.0 Å². The van der Waals surface area contributed by atoms with Gasteiger partial charge in [-0.15, -0.1) is 0 Å². The molecule has 19 heavy (non-hydrogen) atoms. The van der Waals surface area contributed by atoms with Crippen LogP contribution in [-0.4, -0.2) is 40.2 Å². The Morgan fingerprint density at radius 1 is 1.32 bits per heavy atom. The normalized spacial score (nSPS) is 11.5. The highest BCUT2D eigenvalue weighted by Gasteiger charge is 2.13. The van der Waals surface area contributed by atoms with E-state index in [1.807, 2.05) is 6.92 Å². The van der Waals surface area contributed by atoms with Crippen molar-refractivity contribution in [3.63, 3.8) is 0 Å². The van der Waals surface area contributed by atoms with Gasteiger partial charge in [0.25, 0.3) is 0 Å². The smallest absolute Gasteiger partial charge is 0.242 e. The number of nitrogens with zero attached hydrogens (tertiary/aromatic N) is 1. The maximum atomic E-state index is 11.9. The summed E-state index contributed by atoms with van der Waals surface area (Å²) in [6, 6.07) is 3.20. The fourth-order valence-corrected chi connectivity index (χ4v) is 2.50. The lowest BCUT2D eigenvalue weighted by atomic mass is 10.3. The first-order valence-electron chi connectivity index (χ1n) is 6.28. The number of pyridine rings is 1. The number of rotatable bonds is 9. The molecule has 0 spiro atoms. The molecule has 0 radical (unpaired) electrons. The highest BCUT2D eigenvalue weighted by atomic mass is 32.2. The van der Waals surface area contributed by atoms with Gasteiger partial charge >= 0.3 is 0 Å². The molecule has 0 aliphatic heterocycles. The maximum absolute atomic E-state index is 11.9. The third-order valence-electron chi connectivity index (χ3n) is 2.47. The van der Waals surface area contributed by atoms with E-state index in [9.17, 15) is 8.42 Å². The van der Waals surface area contributed by atoms with Crippen LogP contribution in [0.2, 0.25) is 0 Å². The number of methoxy groups -OCH3 is 1. The summed E-state index contributed by atoms with van der Waals surface area (Å²) in [6.07, 6.45) is 2.93. The third kappa shape index (κ3) is 5.54. The van der Waals surface area contributed by atoms with Crippen LogP contribution in [0.4, 0.5) is 5.82 Å². The summed E-state index contributed by atoms with van der Waals surface area (Å²) in [4.78, 5) is 4.22. The lowest BCUT2D eigenvalue weighted by molar-refractivity contribution is 0.193. The van der Waals surface area contributed by atoms with Crippen LogP contribution in [-0.2, 0) is 14.8 Å². The molecule has 6 nitrogen and oxygen atoms in total. The lowest BCUT2D eigenvalue weighted by Gasteiger charge is -2.07. The van der Waals surface area contributed by atoms with Crippen molar-refractivity contribution in [2.75, 3.05) is 32.1 Å². The van der Waals surface area contributed by atoms with Crippen molar-refractivity contribution in [3.05, 3.63) is 18.3 Å². The summed E-state index contributed by atoms with van der Waals surface area (Å²) in [5.41, 5.74) is 0. The Kier molecular flexibility index (Phi) is 6.75. The van der Waals surface area contributed by atoms with Crippen molar-refractivity contribution in [3.8, 4) is 0 Å². The van der Waals surface area contributed by atoms with E-state index in [1.54, 1.807) is 19.2 Å². The Bertz CT molecular complexity index is 460. The van der Waals surface area contributed by atoms with Gasteiger partial charge in [0.05, 0.1) is 0 Å².